The molecular formula is C20H20ClFN3O2. The number of rotatable bonds is 4. The third-order valence-corrected chi connectivity index (χ3v) is 4.91. The molecule has 27 heavy (non-hydrogen) atoms. The van der Waals surface area contributed by atoms with Gasteiger partial charge in [-0.1, -0.05) is 41.9 Å². The van der Waals surface area contributed by atoms with Crippen molar-refractivity contribution in [2.45, 2.75) is 6.42 Å². The van der Waals surface area contributed by atoms with E-state index in [1.54, 1.807) is 23.5 Å². The van der Waals surface area contributed by atoms with E-state index >= 15 is 0 Å². The van der Waals surface area contributed by atoms with E-state index in [0.29, 0.717) is 32.6 Å². The summed E-state index contributed by atoms with van der Waals surface area (Å²) in [6.45, 7) is 1.90. The van der Waals surface area contributed by atoms with Crippen molar-refractivity contribution in [3.05, 3.63) is 65.3 Å². The van der Waals surface area contributed by atoms with E-state index in [1.165, 1.54) is 11.0 Å². The van der Waals surface area contributed by atoms with Gasteiger partial charge in [0.05, 0.1) is 11.4 Å². The first-order chi connectivity index (χ1) is 12.9. The third-order valence-electron chi connectivity index (χ3n) is 4.62. The molecule has 2 aromatic rings. The van der Waals surface area contributed by atoms with Crippen molar-refractivity contribution in [2.75, 3.05) is 26.2 Å². The lowest BCUT2D eigenvalue weighted by Crippen LogP contribution is -2.52. The molecule has 1 heterocycles. The highest BCUT2D eigenvalue weighted by Crippen LogP contribution is 2.25. The van der Waals surface area contributed by atoms with Crippen LogP contribution in [0.2, 0.25) is 5.02 Å². The van der Waals surface area contributed by atoms with Gasteiger partial charge in [-0.05, 0) is 35.2 Å². The molecule has 7 heteroatoms. The zero-order valence-corrected chi connectivity index (χ0v) is 15.5. The maximum Gasteiger partial charge on any atom is 0.314 e. The molecule has 2 aromatic carbocycles. The summed E-state index contributed by atoms with van der Waals surface area (Å²) in [6.07, 6.45) is 2.16. The van der Waals surface area contributed by atoms with E-state index in [4.69, 9.17) is 17.3 Å². The van der Waals surface area contributed by atoms with Gasteiger partial charge in [-0.15, -0.1) is 0 Å². The highest BCUT2D eigenvalue weighted by Gasteiger charge is 2.22. The molecule has 0 saturated carbocycles. The second-order valence-electron chi connectivity index (χ2n) is 6.38. The number of hydrogen-bond acceptors (Lipinski definition) is 2. The van der Waals surface area contributed by atoms with Crippen LogP contribution in [0.1, 0.15) is 5.56 Å². The van der Waals surface area contributed by atoms with Gasteiger partial charge < -0.3 is 15.5 Å². The molecule has 141 valence electrons. The SMILES string of the molecule is NC(=O)N1CCN(C(=O)[CH]Cc2ccc(-c3ccc(F)c(Cl)c3)cc2)CC1. The molecule has 3 rings (SSSR count). The Labute approximate surface area is 162 Å². The Hall–Kier alpha value is -2.60. The topological polar surface area (TPSA) is 66.6 Å². The van der Waals surface area contributed by atoms with Crippen LogP contribution < -0.4 is 5.73 Å². The minimum absolute atomic E-state index is 0.0477. The van der Waals surface area contributed by atoms with Gasteiger partial charge in [0.2, 0.25) is 5.91 Å². The lowest BCUT2D eigenvalue weighted by molar-refractivity contribution is -0.129. The Kier molecular flexibility index (Phi) is 5.96. The van der Waals surface area contributed by atoms with Gasteiger partial charge in [-0.25, -0.2) is 9.18 Å². The van der Waals surface area contributed by atoms with Gasteiger partial charge in [0.1, 0.15) is 5.82 Å². The molecule has 0 unspecified atom stereocenters. The first-order valence-electron chi connectivity index (χ1n) is 8.65. The van der Waals surface area contributed by atoms with Gasteiger partial charge in [-0.2, -0.15) is 0 Å². The Balaban J connectivity index is 1.53. The van der Waals surface area contributed by atoms with Crippen molar-refractivity contribution in [3.8, 4) is 11.1 Å². The summed E-state index contributed by atoms with van der Waals surface area (Å²) in [6, 6.07) is 11.9. The van der Waals surface area contributed by atoms with Crippen LogP contribution >= 0.6 is 11.6 Å². The van der Waals surface area contributed by atoms with E-state index in [1.807, 2.05) is 24.3 Å². The standard InChI is InChI=1S/C20H20ClFN3O2/c21-17-13-16(6-7-18(17)22)15-4-1-14(2-5-15)3-8-19(26)24-9-11-25(12-10-24)20(23)27/h1-2,4-8,13H,3,9-12H2,(H2,23,27). The smallest absolute Gasteiger partial charge is 0.314 e. The molecule has 0 aromatic heterocycles. The van der Waals surface area contributed by atoms with E-state index in [2.05, 4.69) is 0 Å². The molecule has 2 N–H and O–H groups in total. The van der Waals surface area contributed by atoms with E-state index in [9.17, 15) is 14.0 Å². The zero-order valence-electron chi connectivity index (χ0n) is 14.7. The van der Waals surface area contributed by atoms with Gasteiger partial charge >= 0.3 is 6.03 Å². The fourth-order valence-corrected chi connectivity index (χ4v) is 3.17. The maximum absolute atomic E-state index is 13.3. The molecular weight excluding hydrogens is 369 g/mol. The van der Waals surface area contributed by atoms with Crippen molar-refractivity contribution in [3.63, 3.8) is 0 Å². The maximum atomic E-state index is 13.3. The summed E-state index contributed by atoms with van der Waals surface area (Å²) in [5.74, 6) is -0.490. The number of primary amides is 1. The molecule has 1 saturated heterocycles. The summed E-state index contributed by atoms with van der Waals surface area (Å²) in [5, 5.41) is 0.0898. The van der Waals surface area contributed by atoms with E-state index in [-0.39, 0.29) is 10.9 Å². The van der Waals surface area contributed by atoms with E-state index in [0.717, 1.165) is 16.7 Å². The normalized spacial score (nSPS) is 14.3. The Morgan fingerprint density at radius 1 is 1.00 bits per heavy atom. The summed E-state index contributed by atoms with van der Waals surface area (Å²) in [5.41, 5.74) is 8.00. The largest absolute Gasteiger partial charge is 0.351 e. The van der Waals surface area contributed by atoms with E-state index < -0.39 is 11.8 Å². The highest BCUT2D eigenvalue weighted by molar-refractivity contribution is 6.31. The Bertz CT molecular complexity index is 834. The number of carbonyl (C=O) groups is 2. The quantitative estimate of drug-likeness (QED) is 0.874. The van der Waals surface area contributed by atoms with Crippen LogP contribution in [0, 0.1) is 12.2 Å². The number of benzene rings is 2. The van der Waals surface area contributed by atoms with Gasteiger partial charge in [0, 0.05) is 26.2 Å². The van der Waals surface area contributed by atoms with Crippen LogP contribution in [0.15, 0.2) is 42.5 Å². The lowest BCUT2D eigenvalue weighted by Gasteiger charge is -2.33. The van der Waals surface area contributed by atoms with Crippen LogP contribution in [0.3, 0.4) is 0 Å². The fraction of sp³-hybridized carbons (Fsp3) is 0.250. The monoisotopic (exact) mass is 388 g/mol. The van der Waals surface area contributed by atoms with Crippen molar-refractivity contribution >= 4 is 23.5 Å². The average molecular weight is 389 g/mol. The molecule has 1 radical (unpaired) electrons. The highest BCUT2D eigenvalue weighted by atomic mass is 35.5. The molecule has 0 bridgehead atoms. The fourth-order valence-electron chi connectivity index (χ4n) is 2.99. The zero-order chi connectivity index (χ0) is 19.4. The van der Waals surface area contributed by atoms with Crippen LogP contribution in [0.5, 0.6) is 0 Å². The number of nitrogens with two attached hydrogens (primary N) is 1. The predicted octanol–water partition coefficient (Wildman–Crippen LogP) is 3.12. The summed E-state index contributed by atoms with van der Waals surface area (Å²) < 4.78 is 13.3. The Morgan fingerprint density at radius 2 is 1.59 bits per heavy atom. The third kappa shape index (κ3) is 4.77. The summed E-state index contributed by atoms with van der Waals surface area (Å²) in [7, 11) is 0. The van der Waals surface area contributed by atoms with Crippen LogP contribution in [0.25, 0.3) is 11.1 Å². The van der Waals surface area contributed by atoms with Gasteiger partial charge in [0.25, 0.3) is 0 Å². The molecule has 1 aliphatic rings. The number of carbonyl (C=O) groups excluding carboxylic acids is 2. The average Bonchev–Trinajstić information content (AvgIpc) is 2.68. The van der Waals surface area contributed by atoms with Crippen LogP contribution in [0.4, 0.5) is 9.18 Å². The number of amides is 3. The summed E-state index contributed by atoms with van der Waals surface area (Å²) in [4.78, 5) is 26.7. The minimum Gasteiger partial charge on any atom is -0.351 e. The number of urea groups is 1. The number of piperazine rings is 1. The van der Waals surface area contributed by atoms with Crippen molar-refractivity contribution in [1.29, 1.82) is 0 Å². The molecule has 5 nitrogen and oxygen atoms in total. The first-order valence-corrected chi connectivity index (χ1v) is 9.02. The molecule has 0 atom stereocenters. The van der Waals surface area contributed by atoms with Crippen LogP contribution in [-0.4, -0.2) is 47.9 Å². The van der Waals surface area contributed by atoms with Crippen molar-refractivity contribution in [1.82, 2.24) is 9.80 Å². The first kappa shape index (κ1) is 19.2. The number of hydrogen-bond donors (Lipinski definition) is 1. The lowest BCUT2D eigenvalue weighted by atomic mass is 10.0. The second-order valence-corrected chi connectivity index (χ2v) is 6.79. The second kappa shape index (κ2) is 8.39. The molecule has 0 aliphatic carbocycles. The molecule has 3 amide bonds. The number of halogens is 2. The predicted molar refractivity (Wildman–Crippen MR) is 103 cm³/mol. The van der Waals surface area contributed by atoms with Crippen LogP contribution in [-0.2, 0) is 11.2 Å². The minimum atomic E-state index is -0.450. The molecule has 1 fully saturated rings. The van der Waals surface area contributed by atoms with Gasteiger partial charge in [-0.3, -0.25) is 4.79 Å². The molecule has 0 spiro atoms. The van der Waals surface area contributed by atoms with Crippen molar-refractivity contribution < 1.29 is 14.0 Å². The number of nitrogens with zero attached hydrogens (tertiary/aromatic N) is 2. The van der Waals surface area contributed by atoms with Crippen molar-refractivity contribution in [2.24, 2.45) is 5.73 Å². The molecule has 1 aliphatic heterocycles. The summed E-state index contributed by atoms with van der Waals surface area (Å²) >= 11 is 5.83. The van der Waals surface area contributed by atoms with Gasteiger partial charge in [0.15, 0.2) is 0 Å². The Morgan fingerprint density at radius 3 is 2.19 bits per heavy atom.